The Morgan fingerprint density at radius 1 is 1.33 bits per heavy atom. The lowest BCUT2D eigenvalue weighted by molar-refractivity contribution is 0.634. The van der Waals surface area contributed by atoms with Crippen molar-refractivity contribution in [1.82, 2.24) is 30.6 Å². The van der Waals surface area contributed by atoms with E-state index in [0.717, 1.165) is 49.7 Å². The summed E-state index contributed by atoms with van der Waals surface area (Å²) in [7, 11) is 2.00. The van der Waals surface area contributed by atoms with E-state index in [0.29, 0.717) is 0 Å². The summed E-state index contributed by atoms with van der Waals surface area (Å²) in [4.78, 5) is 4.72. The van der Waals surface area contributed by atoms with E-state index in [-0.39, 0.29) is 30.0 Å². The van der Waals surface area contributed by atoms with Crippen LogP contribution in [0.2, 0.25) is 0 Å². The van der Waals surface area contributed by atoms with E-state index in [1.54, 1.807) is 0 Å². The van der Waals surface area contributed by atoms with Crippen molar-refractivity contribution in [3.8, 4) is 0 Å². The molecule has 0 aromatic carbocycles. The number of aromatic nitrogens is 4. The summed E-state index contributed by atoms with van der Waals surface area (Å²) in [6.07, 6.45) is 4.84. The van der Waals surface area contributed by atoms with Gasteiger partial charge in [0.1, 0.15) is 0 Å². The smallest absolute Gasteiger partial charge is 0.191 e. The maximum Gasteiger partial charge on any atom is 0.191 e. The highest BCUT2D eigenvalue weighted by Gasteiger charge is 2.14. The second-order valence-corrected chi connectivity index (χ2v) is 6.91. The SMILES string of the molecule is CCNC(=NCCCc1cn[nH]c1C)NC(C)Cc1c(C)nn(C)c1C.I. The number of aliphatic imine (C=N–C) groups is 1. The van der Waals surface area contributed by atoms with Crippen molar-refractivity contribution in [2.24, 2.45) is 12.0 Å². The highest BCUT2D eigenvalue weighted by atomic mass is 127. The standard InChI is InChI=1S/C19H33N7.HI/c1-7-20-19(21-10-8-9-17-12-22-24-14(17)3)23-13(2)11-18-15(4)25-26(6)16(18)5;/h12-13H,7-11H2,1-6H3,(H,22,24)(H2,20,21,23);1H. The first-order chi connectivity index (χ1) is 12.4. The van der Waals surface area contributed by atoms with Crippen molar-refractivity contribution < 1.29 is 0 Å². The second-order valence-electron chi connectivity index (χ2n) is 6.91. The first kappa shape index (κ1) is 23.5. The number of H-pyrrole nitrogens is 1. The molecule has 1 atom stereocenters. The minimum absolute atomic E-state index is 0. The molecule has 0 amide bonds. The lowest BCUT2D eigenvalue weighted by Crippen LogP contribution is -2.43. The van der Waals surface area contributed by atoms with Gasteiger partial charge in [-0.2, -0.15) is 10.2 Å². The van der Waals surface area contributed by atoms with Crippen LogP contribution in [0.4, 0.5) is 0 Å². The van der Waals surface area contributed by atoms with E-state index >= 15 is 0 Å². The van der Waals surface area contributed by atoms with Gasteiger partial charge in [-0.3, -0.25) is 14.8 Å². The third-order valence-corrected chi connectivity index (χ3v) is 4.70. The molecule has 8 heteroatoms. The van der Waals surface area contributed by atoms with Crippen LogP contribution in [0.3, 0.4) is 0 Å². The van der Waals surface area contributed by atoms with Crippen LogP contribution in [0.25, 0.3) is 0 Å². The largest absolute Gasteiger partial charge is 0.357 e. The molecule has 0 bridgehead atoms. The molecule has 0 aliphatic carbocycles. The summed E-state index contributed by atoms with van der Waals surface area (Å²) in [5, 5.41) is 18.4. The molecule has 0 saturated heterocycles. The Bertz CT molecular complexity index is 732. The number of aryl methyl sites for hydroxylation is 4. The van der Waals surface area contributed by atoms with Gasteiger partial charge < -0.3 is 10.6 Å². The predicted octanol–water partition coefficient (Wildman–Crippen LogP) is 2.81. The normalized spacial score (nSPS) is 12.6. The third-order valence-electron chi connectivity index (χ3n) is 4.70. The Labute approximate surface area is 179 Å². The molecule has 2 aromatic heterocycles. The molecule has 2 rings (SSSR count). The highest BCUT2D eigenvalue weighted by Crippen LogP contribution is 2.14. The van der Waals surface area contributed by atoms with Crippen molar-refractivity contribution in [3.05, 3.63) is 34.4 Å². The molecule has 1 unspecified atom stereocenters. The molecule has 0 saturated carbocycles. The van der Waals surface area contributed by atoms with Crippen LogP contribution >= 0.6 is 24.0 Å². The summed E-state index contributed by atoms with van der Waals surface area (Å²) >= 11 is 0. The van der Waals surface area contributed by atoms with Crippen molar-refractivity contribution in [2.75, 3.05) is 13.1 Å². The van der Waals surface area contributed by atoms with Crippen LogP contribution < -0.4 is 10.6 Å². The van der Waals surface area contributed by atoms with Crippen LogP contribution in [0, 0.1) is 20.8 Å². The van der Waals surface area contributed by atoms with Gasteiger partial charge >= 0.3 is 0 Å². The van der Waals surface area contributed by atoms with E-state index in [1.807, 2.05) is 17.9 Å². The Morgan fingerprint density at radius 2 is 2.07 bits per heavy atom. The van der Waals surface area contributed by atoms with E-state index in [2.05, 4.69) is 60.5 Å². The highest BCUT2D eigenvalue weighted by molar-refractivity contribution is 14.0. The first-order valence-electron chi connectivity index (χ1n) is 9.45. The molecular formula is C19H34IN7. The molecule has 152 valence electrons. The zero-order chi connectivity index (χ0) is 19.1. The predicted molar refractivity (Wildman–Crippen MR) is 122 cm³/mol. The molecule has 0 radical (unpaired) electrons. The summed E-state index contributed by atoms with van der Waals surface area (Å²) < 4.78 is 1.95. The van der Waals surface area contributed by atoms with Crippen molar-refractivity contribution in [1.29, 1.82) is 0 Å². The summed E-state index contributed by atoms with van der Waals surface area (Å²) in [6.45, 7) is 12.2. The monoisotopic (exact) mass is 487 g/mol. The summed E-state index contributed by atoms with van der Waals surface area (Å²) in [6, 6.07) is 0.283. The van der Waals surface area contributed by atoms with Gasteiger partial charge in [-0.1, -0.05) is 0 Å². The topological polar surface area (TPSA) is 82.9 Å². The lowest BCUT2D eigenvalue weighted by atomic mass is 10.1. The van der Waals surface area contributed by atoms with Crippen molar-refractivity contribution in [3.63, 3.8) is 0 Å². The van der Waals surface area contributed by atoms with Crippen LogP contribution in [0.5, 0.6) is 0 Å². The lowest BCUT2D eigenvalue weighted by Gasteiger charge is -2.18. The van der Waals surface area contributed by atoms with Gasteiger partial charge in [0.15, 0.2) is 5.96 Å². The van der Waals surface area contributed by atoms with Crippen LogP contribution in [0.1, 0.15) is 48.5 Å². The molecule has 7 nitrogen and oxygen atoms in total. The number of hydrogen-bond donors (Lipinski definition) is 3. The Balaban J connectivity index is 0.00000364. The second kappa shape index (κ2) is 11.3. The van der Waals surface area contributed by atoms with E-state index in [1.165, 1.54) is 16.8 Å². The number of halogens is 1. The van der Waals surface area contributed by atoms with Crippen LogP contribution in [-0.2, 0) is 19.9 Å². The van der Waals surface area contributed by atoms with Gasteiger partial charge in [0, 0.05) is 37.6 Å². The number of aromatic amines is 1. The quantitative estimate of drug-likeness (QED) is 0.232. The zero-order valence-electron chi connectivity index (χ0n) is 17.4. The van der Waals surface area contributed by atoms with Gasteiger partial charge in [0.05, 0.1) is 11.9 Å². The van der Waals surface area contributed by atoms with Gasteiger partial charge in [0.25, 0.3) is 0 Å². The molecule has 0 aliphatic heterocycles. The van der Waals surface area contributed by atoms with Crippen molar-refractivity contribution in [2.45, 2.75) is 59.9 Å². The number of hydrogen-bond acceptors (Lipinski definition) is 3. The molecule has 27 heavy (non-hydrogen) atoms. The summed E-state index contributed by atoms with van der Waals surface area (Å²) in [5.41, 5.74) is 6.08. The van der Waals surface area contributed by atoms with Gasteiger partial charge in [0.2, 0.25) is 0 Å². The van der Waals surface area contributed by atoms with Crippen LogP contribution in [0.15, 0.2) is 11.2 Å². The Kier molecular flexibility index (Phi) is 9.82. The van der Waals surface area contributed by atoms with Crippen LogP contribution in [-0.4, -0.2) is 45.1 Å². The number of nitrogens with one attached hydrogen (secondary N) is 3. The third kappa shape index (κ3) is 6.82. The molecule has 0 aliphatic rings. The van der Waals surface area contributed by atoms with E-state index in [9.17, 15) is 0 Å². The first-order valence-corrected chi connectivity index (χ1v) is 9.45. The van der Waals surface area contributed by atoms with Gasteiger partial charge in [-0.05, 0) is 65.0 Å². The minimum Gasteiger partial charge on any atom is -0.357 e. The number of rotatable bonds is 8. The fraction of sp³-hybridized carbons (Fsp3) is 0.632. The molecule has 2 aromatic rings. The molecule has 0 spiro atoms. The Morgan fingerprint density at radius 3 is 2.63 bits per heavy atom. The maximum absolute atomic E-state index is 4.72. The number of nitrogens with zero attached hydrogens (tertiary/aromatic N) is 4. The average Bonchev–Trinajstić information content (AvgIpc) is 3.10. The van der Waals surface area contributed by atoms with Crippen molar-refractivity contribution >= 4 is 29.9 Å². The molecule has 2 heterocycles. The zero-order valence-corrected chi connectivity index (χ0v) is 19.7. The average molecular weight is 487 g/mol. The maximum atomic E-state index is 4.72. The molecule has 3 N–H and O–H groups in total. The minimum atomic E-state index is 0. The fourth-order valence-corrected chi connectivity index (χ4v) is 3.11. The Hall–Kier alpha value is -1.58. The molecular weight excluding hydrogens is 453 g/mol. The fourth-order valence-electron chi connectivity index (χ4n) is 3.11. The van der Waals surface area contributed by atoms with E-state index in [4.69, 9.17) is 4.99 Å². The van der Waals surface area contributed by atoms with E-state index < -0.39 is 0 Å². The number of guanidine groups is 1. The molecule has 0 fully saturated rings. The van der Waals surface area contributed by atoms with Gasteiger partial charge in [-0.25, -0.2) is 0 Å². The summed E-state index contributed by atoms with van der Waals surface area (Å²) in [5.74, 6) is 0.878. The van der Waals surface area contributed by atoms with Gasteiger partial charge in [-0.15, -0.1) is 24.0 Å².